The first-order valence-corrected chi connectivity index (χ1v) is 7.39. The zero-order chi connectivity index (χ0) is 15.5. The number of hydrogen-bond donors (Lipinski definition) is 1. The molecule has 1 N–H and O–H groups in total. The van der Waals surface area contributed by atoms with Gasteiger partial charge in [0.25, 0.3) is 0 Å². The summed E-state index contributed by atoms with van der Waals surface area (Å²) in [6.07, 6.45) is 5.56. The van der Waals surface area contributed by atoms with Gasteiger partial charge in [0.05, 0.1) is 6.33 Å². The fourth-order valence-corrected chi connectivity index (χ4v) is 2.03. The molecule has 0 saturated carbocycles. The first kappa shape index (κ1) is 15.7. The molecule has 0 amide bonds. The molecule has 4 heteroatoms. The maximum Gasteiger partial charge on any atom is 0.0991 e. The van der Waals surface area contributed by atoms with E-state index in [2.05, 4.69) is 74.3 Å². The van der Waals surface area contributed by atoms with Gasteiger partial charge in [-0.1, -0.05) is 12.1 Å². The Morgan fingerprint density at radius 3 is 2.43 bits per heavy atom. The monoisotopic (exact) mass is 286 g/mol. The number of nitrogens with zero attached hydrogens (tertiary/aromatic N) is 3. The summed E-state index contributed by atoms with van der Waals surface area (Å²) < 4.78 is 2.01. The number of likely N-dealkylation sites (N-methyl/N-ethyl adjacent to an activating group) is 1. The Hall–Kier alpha value is -1.65. The number of benzene rings is 1. The van der Waals surface area contributed by atoms with Crippen molar-refractivity contribution in [1.82, 2.24) is 19.8 Å². The fourth-order valence-electron chi connectivity index (χ4n) is 2.03. The average Bonchev–Trinajstić information content (AvgIpc) is 2.99. The highest BCUT2D eigenvalue weighted by molar-refractivity contribution is 5.35. The second-order valence-corrected chi connectivity index (χ2v) is 6.37. The molecule has 21 heavy (non-hydrogen) atoms. The normalized spacial score (nSPS) is 13.6. The van der Waals surface area contributed by atoms with Crippen LogP contribution in [0.1, 0.15) is 32.4 Å². The highest BCUT2D eigenvalue weighted by atomic mass is 15.2. The number of imidazole rings is 1. The molecule has 1 heterocycles. The Balaban J connectivity index is 1.99. The van der Waals surface area contributed by atoms with Crippen LogP contribution in [0.15, 0.2) is 43.0 Å². The minimum atomic E-state index is 0.144. The molecule has 4 nitrogen and oxygen atoms in total. The van der Waals surface area contributed by atoms with Gasteiger partial charge in [0.2, 0.25) is 0 Å². The van der Waals surface area contributed by atoms with E-state index in [1.165, 1.54) is 5.56 Å². The molecule has 0 aliphatic rings. The first-order valence-electron chi connectivity index (χ1n) is 7.39. The van der Waals surface area contributed by atoms with E-state index in [1.807, 2.05) is 17.1 Å². The van der Waals surface area contributed by atoms with Crippen LogP contribution in [0.3, 0.4) is 0 Å². The highest BCUT2D eigenvalue weighted by Crippen LogP contribution is 2.17. The zero-order valence-corrected chi connectivity index (χ0v) is 13.7. The van der Waals surface area contributed by atoms with Crippen molar-refractivity contribution in [3.8, 4) is 5.69 Å². The smallest absolute Gasteiger partial charge is 0.0991 e. The van der Waals surface area contributed by atoms with Gasteiger partial charge in [-0.3, -0.25) is 0 Å². The summed E-state index contributed by atoms with van der Waals surface area (Å²) >= 11 is 0. The minimum absolute atomic E-state index is 0.144. The molecule has 0 spiro atoms. The standard InChI is InChI=1S/C17H26N4/c1-14(19-12-17(2,3)20(4)5)15-6-8-16(9-7-15)21-11-10-18-13-21/h6-11,13-14,19H,12H2,1-5H3. The number of nitrogens with one attached hydrogen (secondary N) is 1. The lowest BCUT2D eigenvalue weighted by Crippen LogP contribution is -2.47. The van der Waals surface area contributed by atoms with Gasteiger partial charge < -0.3 is 14.8 Å². The van der Waals surface area contributed by atoms with E-state index in [4.69, 9.17) is 0 Å². The second kappa shape index (κ2) is 6.41. The van der Waals surface area contributed by atoms with Crippen molar-refractivity contribution in [3.63, 3.8) is 0 Å². The molecule has 2 aromatic rings. The molecule has 1 aromatic heterocycles. The molecule has 1 aromatic carbocycles. The number of hydrogen-bond acceptors (Lipinski definition) is 3. The maximum absolute atomic E-state index is 4.08. The summed E-state index contributed by atoms with van der Waals surface area (Å²) in [6, 6.07) is 8.95. The predicted octanol–water partition coefficient (Wildman–Crippen LogP) is 2.86. The van der Waals surface area contributed by atoms with Gasteiger partial charge >= 0.3 is 0 Å². The van der Waals surface area contributed by atoms with E-state index in [1.54, 1.807) is 6.20 Å². The van der Waals surface area contributed by atoms with Crippen molar-refractivity contribution in [1.29, 1.82) is 0 Å². The van der Waals surface area contributed by atoms with Crippen molar-refractivity contribution >= 4 is 0 Å². The van der Waals surface area contributed by atoms with E-state index < -0.39 is 0 Å². The fraction of sp³-hybridized carbons (Fsp3) is 0.471. The van der Waals surface area contributed by atoms with Gasteiger partial charge in [0.15, 0.2) is 0 Å². The summed E-state index contributed by atoms with van der Waals surface area (Å²) in [5, 5.41) is 3.61. The van der Waals surface area contributed by atoms with E-state index >= 15 is 0 Å². The predicted molar refractivity (Wildman–Crippen MR) is 87.7 cm³/mol. The molecule has 1 unspecified atom stereocenters. The molecular weight excluding hydrogens is 260 g/mol. The third-order valence-electron chi connectivity index (χ3n) is 4.25. The van der Waals surface area contributed by atoms with Gasteiger partial charge in [0.1, 0.15) is 0 Å². The van der Waals surface area contributed by atoms with Gasteiger partial charge in [-0.05, 0) is 52.6 Å². The topological polar surface area (TPSA) is 33.1 Å². The van der Waals surface area contributed by atoms with Crippen LogP contribution in [-0.4, -0.2) is 40.6 Å². The lowest BCUT2D eigenvalue weighted by atomic mass is 10.0. The van der Waals surface area contributed by atoms with Crippen LogP contribution in [0, 0.1) is 0 Å². The first-order chi connectivity index (χ1) is 9.90. The van der Waals surface area contributed by atoms with Crippen molar-refractivity contribution in [3.05, 3.63) is 48.5 Å². The Bertz CT molecular complexity index is 541. The minimum Gasteiger partial charge on any atom is -0.308 e. The summed E-state index contributed by atoms with van der Waals surface area (Å²) in [5.41, 5.74) is 2.58. The number of aromatic nitrogens is 2. The molecule has 0 aliphatic heterocycles. The van der Waals surface area contributed by atoms with Crippen molar-refractivity contribution in [2.45, 2.75) is 32.4 Å². The Labute approximate surface area is 127 Å². The highest BCUT2D eigenvalue weighted by Gasteiger charge is 2.20. The van der Waals surface area contributed by atoms with E-state index in [9.17, 15) is 0 Å². The molecule has 0 bridgehead atoms. The molecule has 114 valence electrons. The molecule has 0 fully saturated rings. The van der Waals surface area contributed by atoms with Crippen LogP contribution in [0.5, 0.6) is 0 Å². The van der Waals surface area contributed by atoms with Crippen molar-refractivity contribution < 1.29 is 0 Å². The third-order valence-corrected chi connectivity index (χ3v) is 4.25. The van der Waals surface area contributed by atoms with Crippen molar-refractivity contribution in [2.24, 2.45) is 0 Å². The average molecular weight is 286 g/mol. The quantitative estimate of drug-likeness (QED) is 0.886. The third kappa shape index (κ3) is 3.93. The van der Waals surface area contributed by atoms with Gasteiger partial charge in [0, 0.05) is 36.2 Å². The summed E-state index contributed by atoms with van der Waals surface area (Å²) in [4.78, 5) is 6.32. The van der Waals surface area contributed by atoms with Gasteiger partial charge in [-0.2, -0.15) is 0 Å². The van der Waals surface area contributed by atoms with Crippen molar-refractivity contribution in [2.75, 3.05) is 20.6 Å². The van der Waals surface area contributed by atoms with E-state index in [0.717, 1.165) is 12.2 Å². The lowest BCUT2D eigenvalue weighted by Gasteiger charge is -2.34. The second-order valence-electron chi connectivity index (χ2n) is 6.37. The van der Waals surface area contributed by atoms with Gasteiger partial charge in [-0.15, -0.1) is 0 Å². The Kier molecular flexibility index (Phi) is 4.80. The molecular formula is C17H26N4. The van der Waals surface area contributed by atoms with Crippen LogP contribution in [-0.2, 0) is 0 Å². The molecule has 0 saturated heterocycles. The molecule has 0 radical (unpaired) electrons. The number of rotatable bonds is 6. The van der Waals surface area contributed by atoms with Crippen LogP contribution < -0.4 is 5.32 Å². The maximum atomic E-state index is 4.08. The van der Waals surface area contributed by atoms with E-state index in [-0.39, 0.29) is 5.54 Å². The zero-order valence-electron chi connectivity index (χ0n) is 13.7. The Morgan fingerprint density at radius 1 is 1.24 bits per heavy atom. The Morgan fingerprint density at radius 2 is 1.90 bits per heavy atom. The molecule has 2 rings (SSSR count). The van der Waals surface area contributed by atoms with Crippen LogP contribution in [0.2, 0.25) is 0 Å². The molecule has 1 atom stereocenters. The lowest BCUT2D eigenvalue weighted by molar-refractivity contribution is 0.185. The van der Waals surface area contributed by atoms with Crippen LogP contribution in [0.25, 0.3) is 5.69 Å². The van der Waals surface area contributed by atoms with E-state index in [0.29, 0.717) is 6.04 Å². The molecule has 0 aliphatic carbocycles. The van der Waals surface area contributed by atoms with Crippen LogP contribution in [0.4, 0.5) is 0 Å². The van der Waals surface area contributed by atoms with Crippen LogP contribution >= 0.6 is 0 Å². The largest absolute Gasteiger partial charge is 0.308 e. The van der Waals surface area contributed by atoms with Gasteiger partial charge in [-0.25, -0.2) is 4.98 Å². The summed E-state index contributed by atoms with van der Waals surface area (Å²) in [7, 11) is 4.23. The summed E-state index contributed by atoms with van der Waals surface area (Å²) in [5.74, 6) is 0. The summed E-state index contributed by atoms with van der Waals surface area (Å²) in [6.45, 7) is 7.64. The SMILES string of the molecule is CC(NCC(C)(C)N(C)C)c1ccc(-n2ccnc2)cc1.